The lowest BCUT2D eigenvalue weighted by Crippen LogP contribution is -2.48. The quantitative estimate of drug-likeness (QED) is 0.172. The van der Waals surface area contributed by atoms with Crippen LogP contribution < -0.4 is 15.0 Å². The molecule has 0 radical (unpaired) electrons. The molecular formula is C41H44ClN3O7Si. The second-order valence-corrected chi connectivity index (χ2v) is 19.2. The molecule has 276 valence electrons. The third kappa shape index (κ3) is 6.76. The van der Waals surface area contributed by atoms with Gasteiger partial charge in [-0.05, 0) is 90.8 Å². The van der Waals surface area contributed by atoms with Crippen LogP contribution in [0.3, 0.4) is 0 Å². The summed E-state index contributed by atoms with van der Waals surface area (Å²) >= 11 is 6.59. The number of halogens is 1. The Balaban J connectivity index is 1.17. The van der Waals surface area contributed by atoms with Gasteiger partial charge < -0.3 is 34.5 Å². The van der Waals surface area contributed by atoms with Crippen LogP contribution in [-0.4, -0.2) is 66.7 Å². The fourth-order valence-electron chi connectivity index (χ4n) is 8.61. The lowest BCUT2D eigenvalue weighted by atomic mass is 9.82. The van der Waals surface area contributed by atoms with Crippen molar-refractivity contribution < 1.29 is 33.8 Å². The Labute approximate surface area is 315 Å². The largest absolute Gasteiger partial charge is 0.497 e. The van der Waals surface area contributed by atoms with Gasteiger partial charge >= 0.3 is 0 Å². The SMILES string of the molecule is COc1ccc(C(=O)Nc2cccc(CN3C(=O)[C@]4(O[C@H](CC(=O)N5Cc6ccccc6C[C@H]5CO)[C@@H]([Si](C)(C)O)[C@@H]4C)c4cc(Cl)ccc43)c2)cc1. The second-order valence-electron chi connectivity index (χ2n) is 14.8. The molecule has 3 heterocycles. The lowest BCUT2D eigenvalue weighted by Gasteiger charge is -2.37. The van der Waals surface area contributed by atoms with Gasteiger partial charge in [0, 0.05) is 39.8 Å². The van der Waals surface area contributed by atoms with Crippen LogP contribution in [0.1, 0.15) is 46.0 Å². The first-order valence-electron chi connectivity index (χ1n) is 17.9. The van der Waals surface area contributed by atoms with Crippen molar-refractivity contribution in [2.45, 2.75) is 69.2 Å². The van der Waals surface area contributed by atoms with Gasteiger partial charge in [0.05, 0.1) is 44.5 Å². The van der Waals surface area contributed by atoms with E-state index in [2.05, 4.69) is 5.32 Å². The number of aliphatic hydroxyl groups is 1. The van der Waals surface area contributed by atoms with Gasteiger partial charge in [-0.3, -0.25) is 14.4 Å². The molecule has 0 aromatic heterocycles. The number of carbonyl (C=O) groups excluding carboxylic acids is 3. The minimum Gasteiger partial charge on any atom is -0.497 e. The number of hydrogen-bond acceptors (Lipinski definition) is 7. The van der Waals surface area contributed by atoms with E-state index in [0.717, 1.165) is 16.7 Å². The standard InChI is InChI=1S/C41H44ClN3O7Si/c1-25-38(53(3,4)50)36(21-37(47)44-23-29-10-6-5-9-28(29)19-32(44)24-46)52-41(25)34-20-30(42)14-17-35(34)45(40(41)49)22-26-8-7-11-31(18-26)43-39(48)27-12-15-33(51-2)16-13-27/h5-18,20,25,32,36,38,46,50H,19,21-24H2,1-4H3,(H,43,48)/t25-,32-,36+,38-,41+/m0/s1. The summed E-state index contributed by atoms with van der Waals surface area (Å²) in [6.45, 7) is 5.93. The topological polar surface area (TPSA) is 129 Å². The number of aliphatic hydroxyl groups excluding tert-OH is 1. The zero-order valence-corrected chi connectivity index (χ0v) is 32.0. The molecule has 7 rings (SSSR count). The number of benzene rings is 4. The number of fused-ring (bicyclic) bond motifs is 3. The van der Waals surface area contributed by atoms with Gasteiger partial charge in [-0.15, -0.1) is 0 Å². The molecule has 12 heteroatoms. The Morgan fingerprint density at radius 3 is 2.45 bits per heavy atom. The van der Waals surface area contributed by atoms with Crippen molar-refractivity contribution >= 4 is 49.0 Å². The van der Waals surface area contributed by atoms with E-state index in [1.54, 1.807) is 59.4 Å². The predicted molar refractivity (Wildman–Crippen MR) is 205 cm³/mol. The maximum atomic E-state index is 14.9. The summed E-state index contributed by atoms with van der Waals surface area (Å²) in [5.41, 5.74) is 3.23. The lowest BCUT2D eigenvalue weighted by molar-refractivity contribution is -0.151. The van der Waals surface area contributed by atoms with Crippen LogP contribution in [0.15, 0.2) is 91.0 Å². The Kier molecular flexibility index (Phi) is 9.98. The molecule has 0 bridgehead atoms. The summed E-state index contributed by atoms with van der Waals surface area (Å²) in [5, 5.41) is 13.7. The molecule has 3 aliphatic rings. The normalized spacial score (nSPS) is 23.6. The number of hydrogen-bond donors (Lipinski definition) is 3. The summed E-state index contributed by atoms with van der Waals surface area (Å²) in [6.07, 6.45) is -0.265. The van der Waals surface area contributed by atoms with E-state index in [0.29, 0.717) is 46.2 Å². The van der Waals surface area contributed by atoms with Crippen molar-refractivity contribution in [3.8, 4) is 5.75 Å². The Hall–Kier alpha value is -4.52. The predicted octanol–water partition coefficient (Wildman–Crippen LogP) is 6.28. The fraction of sp³-hybridized carbons (Fsp3) is 0.341. The van der Waals surface area contributed by atoms with Crippen molar-refractivity contribution in [3.05, 3.63) is 124 Å². The highest BCUT2D eigenvalue weighted by molar-refractivity contribution is 6.71. The van der Waals surface area contributed by atoms with E-state index in [4.69, 9.17) is 21.1 Å². The molecule has 0 aliphatic carbocycles. The van der Waals surface area contributed by atoms with Crippen LogP contribution in [0.4, 0.5) is 11.4 Å². The number of ether oxygens (including phenoxy) is 2. The van der Waals surface area contributed by atoms with Crippen LogP contribution in [0.5, 0.6) is 5.75 Å². The summed E-state index contributed by atoms with van der Waals surface area (Å²) < 4.78 is 12.1. The van der Waals surface area contributed by atoms with E-state index >= 15 is 0 Å². The van der Waals surface area contributed by atoms with Crippen LogP contribution >= 0.6 is 11.6 Å². The molecule has 10 nitrogen and oxygen atoms in total. The minimum absolute atomic E-state index is 0.0501. The van der Waals surface area contributed by atoms with Crippen LogP contribution in [-0.2, 0) is 39.4 Å². The molecule has 0 saturated carbocycles. The van der Waals surface area contributed by atoms with Crippen molar-refractivity contribution in [1.82, 2.24) is 4.90 Å². The number of nitrogens with zero attached hydrogens (tertiary/aromatic N) is 2. The monoisotopic (exact) mass is 753 g/mol. The highest BCUT2D eigenvalue weighted by Crippen LogP contribution is 2.60. The van der Waals surface area contributed by atoms with Crippen LogP contribution in [0, 0.1) is 5.92 Å². The maximum absolute atomic E-state index is 14.9. The highest BCUT2D eigenvalue weighted by Gasteiger charge is 2.66. The third-order valence-corrected chi connectivity index (χ3v) is 13.8. The van der Waals surface area contributed by atoms with Gasteiger partial charge in [-0.2, -0.15) is 0 Å². The number of nitrogens with one attached hydrogen (secondary N) is 1. The highest BCUT2D eigenvalue weighted by atomic mass is 35.5. The Morgan fingerprint density at radius 2 is 1.75 bits per heavy atom. The summed E-state index contributed by atoms with van der Waals surface area (Å²) in [4.78, 5) is 57.2. The van der Waals surface area contributed by atoms with Gasteiger partial charge in [0.1, 0.15) is 5.75 Å². The molecule has 3 aliphatic heterocycles. The summed E-state index contributed by atoms with van der Waals surface area (Å²) in [7, 11) is -1.49. The van der Waals surface area contributed by atoms with E-state index in [1.165, 1.54) is 0 Å². The molecule has 3 amide bonds. The summed E-state index contributed by atoms with van der Waals surface area (Å²) in [6, 6.07) is 27.0. The minimum atomic E-state index is -3.06. The third-order valence-electron chi connectivity index (χ3n) is 11.1. The molecule has 1 saturated heterocycles. The molecular weight excluding hydrogens is 710 g/mol. The Morgan fingerprint density at radius 1 is 1.02 bits per heavy atom. The summed E-state index contributed by atoms with van der Waals surface area (Å²) in [5.74, 6) is -0.619. The molecule has 4 aromatic carbocycles. The van der Waals surface area contributed by atoms with E-state index in [-0.39, 0.29) is 43.3 Å². The van der Waals surface area contributed by atoms with E-state index < -0.39 is 31.5 Å². The number of amides is 3. The number of anilines is 2. The molecule has 1 spiro atoms. The first kappa shape index (κ1) is 36.8. The zero-order chi connectivity index (χ0) is 37.7. The molecule has 1 fully saturated rings. The van der Waals surface area contributed by atoms with Crippen molar-refractivity contribution in [1.29, 1.82) is 0 Å². The van der Waals surface area contributed by atoms with Gasteiger partial charge in [0.2, 0.25) is 5.91 Å². The molecule has 53 heavy (non-hydrogen) atoms. The average Bonchev–Trinajstić information content (AvgIpc) is 3.56. The van der Waals surface area contributed by atoms with Crippen molar-refractivity contribution in [2.24, 2.45) is 5.92 Å². The maximum Gasteiger partial charge on any atom is 0.264 e. The second kappa shape index (κ2) is 14.4. The first-order valence-corrected chi connectivity index (χ1v) is 21.3. The van der Waals surface area contributed by atoms with Crippen LogP contribution in [0.25, 0.3) is 0 Å². The van der Waals surface area contributed by atoms with Crippen molar-refractivity contribution in [2.75, 3.05) is 23.9 Å². The zero-order valence-electron chi connectivity index (χ0n) is 30.2. The number of carbonyl (C=O) groups is 3. The molecule has 3 N–H and O–H groups in total. The average molecular weight is 754 g/mol. The van der Waals surface area contributed by atoms with E-state index in [1.807, 2.05) is 68.5 Å². The van der Waals surface area contributed by atoms with Crippen LogP contribution in [0.2, 0.25) is 23.7 Å². The molecule has 5 atom stereocenters. The first-order chi connectivity index (χ1) is 25.3. The number of rotatable bonds is 9. The van der Waals surface area contributed by atoms with Gasteiger partial charge in [-0.25, -0.2) is 0 Å². The van der Waals surface area contributed by atoms with Gasteiger partial charge in [-0.1, -0.05) is 54.9 Å². The smallest absolute Gasteiger partial charge is 0.264 e. The molecule has 0 unspecified atom stereocenters. The van der Waals surface area contributed by atoms with Crippen molar-refractivity contribution in [3.63, 3.8) is 0 Å². The fourth-order valence-corrected chi connectivity index (χ4v) is 11.3. The van der Waals surface area contributed by atoms with Gasteiger partial charge in [0.15, 0.2) is 13.9 Å². The molecule has 4 aromatic rings. The van der Waals surface area contributed by atoms with Gasteiger partial charge in [0.25, 0.3) is 11.8 Å². The van der Waals surface area contributed by atoms with E-state index in [9.17, 15) is 24.3 Å². The Bertz CT molecular complexity index is 2050. The number of methoxy groups -OCH3 is 1.